The van der Waals surface area contributed by atoms with Gasteiger partial charge < -0.3 is 15.5 Å². The highest BCUT2D eigenvalue weighted by Gasteiger charge is 2.39. The van der Waals surface area contributed by atoms with Crippen LogP contribution in [0.2, 0.25) is 5.02 Å². The molecule has 1 aliphatic rings. The molecule has 0 bridgehead atoms. The standard InChI is InChI=1S/C25H20ClF4N5O4/c1-2-19(22(38)32-13-4-6-16(21(31)37)18(27)10-13)35-8-7-14(20(36)11-35)17-9-12(26)3-5-15(17)23-33-34-24(39-23)25(28,29)30/h3-7,9-10,19H,2,8,11H2,1H3,(H2,31,37)(H,32,38). The molecule has 0 saturated carbocycles. The van der Waals surface area contributed by atoms with Gasteiger partial charge in [-0.3, -0.25) is 19.3 Å². The number of aromatic nitrogens is 2. The Hall–Kier alpha value is -4.10. The van der Waals surface area contributed by atoms with Crippen LogP contribution in [-0.4, -0.2) is 51.8 Å². The highest BCUT2D eigenvalue weighted by molar-refractivity contribution is 6.31. The van der Waals surface area contributed by atoms with Gasteiger partial charge in [-0.2, -0.15) is 13.2 Å². The molecular weight excluding hydrogens is 546 g/mol. The topological polar surface area (TPSA) is 131 Å². The summed E-state index contributed by atoms with van der Waals surface area (Å²) in [7, 11) is 0. The number of benzene rings is 2. The van der Waals surface area contributed by atoms with E-state index < -0.39 is 47.4 Å². The number of primary amides is 1. The maximum Gasteiger partial charge on any atom is 0.470 e. The minimum Gasteiger partial charge on any atom is -0.413 e. The molecule has 2 heterocycles. The first kappa shape index (κ1) is 27.9. The lowest BCUT2D eigenvalue weighted by molar-refractivity contribution is -0.157. The average molecular weight is 566 g/mol. The maximum absolute atomic E-state index is 14.1. The van der Waals surface area contributed by atoms with Crippen molar-refractivity contribution in [3.63, 3.8) is 0 Å². The van der Waals surface area contributed by atoms with E-state index in [-0.39, 0.29) is 46.1 Å². The van der Waals surface area contributed by atoms with E-state index in [4.69, 9.17) is 21.8 Å². The van der Waals surface area contributed by atoms with Crippen molar-refractivity contribution in [2.24, 2.45) is 5.73 Å². The molecule has 1 aliphatic heterocycles. The number of halogens is 5. The van der Waals surface area contributed by atoms with E-state index in [9.17, 15) is 31.9 Å². The summed E-state index contributed by atoms with van der Waals surface area (Å²) >= 11 is 6.11. The summed E-state index contributed by atoms with van der Waals surface area (Å²) in [6.07, 6.45) is -3.02. The molecule has 2 amide bonds. The van der Waals surface area contributed by atoms with Gasteiger partial charge in [0.25, 0.3) is 5.91 Å². The summed E-state index contributed by atoms with van der Waals surface area (Å²) in [6.45, 7) is 1.66. The zero-order valence-corrected chi connectivity index (χ0v) is 20.9. The van der Waals surface area contributed by atoms with Crippen LogP contribution in [0.15, 0.2) is 46.9 Å². The first-order valence-corrected chi connectivity index (χ1v) is 11.9. The van der Waals surface area contributed by atoms with Gasteiger partial charge in [-0.15, -0.1) is 10.2 Å². The number of Topliss-reactive ketones (excluding diaryl/α,β-unsaturated/α-hetero) is 1. The van der Waals surface area contributed by atoms with Gasteiger partial charge in [0, 0.05) is 28.4 Å². The van der Waals surface area contributed by atoms with Gasteiger partial charge in [0.1, 0.15) is 5.82 Å². The van der Waals surface area contributed by atoms with Crippen molar-refractivity contribution >= 4 is 40.5 Å². The van der Waals surface area contributed by atoms with Gasteiger partial charge in [0.2, 0.25) is 11.8 Å². The van der Waals surface area contributed by atoms with Crippen molar-refractivity contribution in [3.05, 3.63) is 70.3 Å². The number of rotatable bonds is 7. The average Bonchev–Trinajstić information content (AvgIpc) is 3.35. The molecule has 204 valence electrons. The van der Waals surface area contributed by atoms with Gasteiger partial charge in [-0.1, -0.05) is 24.6 Å². The largest absolute Gasteiger partial charge is 0.470 e. The monoisotopic (exact) mass is 565 g/mol. The van der Waals surface area contributed by atoms with E-state index in [0.717, 1.165) is 12.1 Å². The number of hydrogen-bond donors (Lipinski definition) is 2. The van der Waals surface area contributed by atoms with Crippen LogP contribution >= 0.6 is 11.6 Å². The molecule has 3 N–H and O–H groups in total. The van der Waals surface area contributed by atoms with Crippen molar-refractivity contribution < 1.29 is 36.4 Å². The fraction of sp³-hybridized carbons (Fsp3) is 0.240. The molecule has 4 rings (SSSR count). The van der Waals surface area contributed by atoms with Gasteiger partial charge >= 0.3 is 12.1 Å². The van der Waals surface area contributed by atoms with Crippen molar-refractivity contribution in [2.75, 3.05) is 18.4 Å². The minimum atomic E-state index is -4.84. The zero-order chi connectivity index (χ0) is 28.5. The Kier molecular flexibility index (Phi) is 7.84. The Morgan fingerprint density at radius 1 is 1.18 bits per heavy atom. The summed E-state index contributed by atoms with van der Waals surface area (Å²) < 4.78 is 57.8. The molecule has 0 spiro atoms. The van der Waals surface area contributed by atoms with Gasteiger partial charge in [-0.25, -0.2) is 4.39 Å². The molecular formula is C25H20ClF4N5O4. The lowest BCUT2D eigenvalue weighted by Gasteiger charge is -2.32. The molecule has 2 aromatic carbocycles. The lowest BCUT2D eigenvalue weighted by Crippen LogP contribution is -2.48. The van der Waals surface area contributed by atoms with E-state index in [2.05, 4.69) is 15.5 Å². The number of anilines is 1. The molecule has 0 saturated heterocycles. The van der Waals surface area contributed by atoms with Crippen molar-refractivity contribution in [1.82, 2.24) is 15.1 Å². The number of nitrogens with one attached hydrogen (secondary N) is 1. The normalized spacial score (nSPS) is 15.1. The molecule has 14 heteroatoms. The molecule has 1 atom stereocenters. The van der Waals surface area contributed by atoms with Gasteiger partial charge in [0.05, 0.1) is 18.2 Å². The van der Waals surface area contributed by atoms with Crippen LogP contribution in [0.1, 0.15) is 35.2 Å². The van der Waals surface area contributed by atoms with Crippen molar-refractivity contribution in [1.29, 1.82) is 0 Å². The zero-order valence-electron chi connectivity index (χ0n) is 20.2. The van der Waals surface area contributed by atoms with E-state index in [0.29, 0.717) is 6.42 Å². The molecule has 1 unspecified atom stereocenters. The van der Waals surface area contributed by atoms with Crippen LogP contribution in [0.5, 0.6) is 0 Å². The predicted octanol–water partition coefficient (Wildman–Crippen LogP) is 4.33. The number of nitrogens with two attached hydrogens (primary N) is 1. The number of carbonyl (C=O) groups excluding carboxylic acids is 3. The van der Waals surface area contributed by atoms with E-state index in [1.54, 1.807) is 11.8 Å². The molecule has 1 aromatic heterocycles. The van der Waals surface area contributed by atoms with Gasteiger partial charge in [-0.05, 0) is 48.4 Å². The molecule has 9 nitrogen and oxygen atoms in total. The van der Waals surface area contributed by atoms with Crippen LogP contribution in [-0.2, 0) is 15.8 Å². The second kappa shape index (κ2) is 10.9. The molecule has 0 aliphatic carbocycles. The van der Waals surface area contributed by atoms with Crippen LogP contribution in [0, 0.1) is 5.82 Å². The highest BCUT2D eigenvalue weighted by atomic mass is 35.5. The number of carbonyl (C=O) groups is 3. The van der Waals surface area contributed by atoms with Crippen LogP contribution in [0.25, 0.3) is 17.0 Å². The van der Waals surface area contributed by atoms with E-state index in [1.807, 2.05) is 0 Å². The summed E-state index contributed by atoms with van der Waals surface area (Å²) in [5.41, 5.74) is 5.32. The minimum absolute atomic E-state index is 0.0849. The Balaban J connectivity index is 1.57. The lowest BCUT2D eigenvalue weighted by atomic mass is 9.93. The predicted molar refractivity (Wildman–Crippen MR) is 132 cm³/mol. The fourth-order valence-corrected chi connectivity index (χ4v) is 4.33. The Morgan fingerprint density at radius 3 is 2.51 bits per heavy atom. The van der Waals surface area contributed by atoms with E-state index >= 15 is 0 Å². The SMILES string of the molecule is CCC(C(=O)Nc1ccc(C(N)=O)c(F)c1)N1CC=C(c2cc(Cl)ccc2-c2nnc(C(F)(F)F)o2)C(=O)C1. The third-order valence-electron chi connectivity index (χ3n) is 5.98. The third-order valence-corrected chi connectivity index (χ3v) is 6.21. The molecule has 39 heavy (non-hydrogen) atoms. The number of nitrogens with zero attached hydrogens (tertiary/aromatic N) is 3. The van der Waals surface area contributed by atoms with Crippen LogP contribution in [0.3, 0.4) is 0 Å². The van der Waals surface area contributed by atoms with Crippen LogP contribution < -0.4 is 11.1 Å². The molecule has 3 aromatic rings. The first-order valence-electron chi connectivity index (χ1n) is 11.5. The molecule has 0 fully saturated rings. The summed E-state index contributed by atoms with van der Waals surface area (Å²) in [5, 5.41) is 9.29. The van der Waals surface area contributed by atoms with E-state index in [1.165, 1.54) is 30.3 Å². The number of alkyl halides is 3. The summed E-state index contributed by atoms with van der Waals surface area (Å²) in [4.78, 5) is 39.0. The second-order valence-corrected chi connectivity index (χ2v) is 8.98. The second-order valence-electron chi connectivity index (χ2n) is 8.54. The number of amides is 2. The molecule has 0 radical (unpaired) electrons. The number of hydrogen-bond acceptors (Lipinski definition) is 7. The Morgan fingerprint density at radius 2 is 1.92 bits per heavy atom. The fourth-order valence-electron chi connectivity index (χ4n) is 4.15. The summed E-state index contributed by atoms with van der Waals surface area (Å²) in [6, 6.07) is 6.85. The highest BCUT2D eigenvalue weighted by Crippen LogP contribution is 2.35. The number of ketones is 1. The smallest absolute Gasteiger partial charge is 0.413 e. The van der Waals surface area contributed by atoms with Crippen molar-refractivity contribution in [3.8, 4) is 11.5 Å². The Labute approximate surface area is 223 Å². The maximum atomic E-state index is 14.1. The Bertz CT molecular complexity index is 1490. The van der Waals surface area contributed by atoms with Crippen molar-refractivity contribution in [2.45, 2.75) is 25.6 Å². The van der Waals surface area contributed by atoms with Crippen LogP contribution in [0.4, 0.5) is 23.2 Å². The first-order chi connectivity index (χ1) is 18.4. The van der Waals surface area contributed by atoms with Gasteiger partial charge in [0.15, 0.2) is 5.78 Å². The quantitative estimate of drug-likeness (QED) is 0.408. The summed E-state index contributed by atoms with van der Waals surface area (Å²) in [5.74, 6) is -4.75. The third kappa shape index (κ3) is 5.99.